The minimum atomic E-state index is 1.08. The van der Waals surface area contributed by atoms with Crippen molar-refractivity contribution in [1.82, 2.24) is 0 Å². The Morgan fingerprint density at radius 2 is 0.152 bits per heavy atom. The fourth-order valence-corrected chi connectivity index (χ4v) is 22.8. The molecule has 0 bridgehead atoms. The Morgan fingerprint density at radius 1 is 0.0797 bits per heavy atom. The highest BCUT2D eigenvalue weighted by atomic mass is 14.3. The Labute approximate surface area is 859 Å². The Morgan fingerprint density at radius 3 is 0.239 bits per heavy atom. The van der Waals surface area contributed by atoms with Crippen molar-refractivity contribution in [2.24, 2.45) is 0 Å². The Hall–Kier alpha value is -5.46. The standard InChI is InChI=1S/C138H222/c1-7-13-19-25-31-37-43-49-55-61-67-73-79-121-85-97-127(98-86-121)109-115-133-134(116-110-128-99-87-122(88-100-128)80-74-68-62-56-50-44-38-32-26-20-14-8-2)136(118-112-130-103-91-124(92-104-130)82-76-70-64-58-52-46-40-34-28-22-16-10-4)138(120-114-132-107-95-126(96-108-132)84-78-72-66-60-54-48-42-36-30-24-18-12-6)137(119-113-131-105-93-125(94-106-131)83-77-71-65-59-53-47-41-35-29-23-17-11-5)135(133)117-111-129-101-89-123(90-102-129)81-75-69-63-57-51-45-39-33-27-21-15-9-3/h85-108H,7-84,109-120H2,1-6H3. The minimum absolute atomic E-state index is 1.08. The van der Waals surface area contributed by atoms with Crippen LogP contribution in [0, 0.1) is 0 Å². The van der Waals surface area contributed by atoms with E-state index in [0.717, 1.165) is 77.0 Å². The predicted octanol–water partition coefficient (Wildman–Crippen LogP) is 43.9. The van der Waals surface area contributed by atoms with Crippen LogP contribution in [0.3, 0.4) is 0 Å². The highest BCUT2D eigenvalue weighted by Crippen LogP contribution is 2.37. The van der Waals surface area contributed by atoms with Gasteiger partial charge in [0.05, 0.1) is 0 Å². The van der Waals surface area contributed by atoms with Gasteiger partial charge in [-0.1, -0.05) is 611 Å². The molecule has 0 spiro atoms. The Bertz CT molecular complexity index is 3160. The SMILES string of the molecule is CCCCCCCCCCCCCCc1ccc(CCc2c(CCc3ccc(CCCCCCCCCCCCCC)cc3)c(CCc3ccc(CCCCCCCCCCCCCC)cc3)c(CCc3ccc(CCCCCCCCCCCCCC)cc3)c(CCc3ccc(CCCCCCCCCCCCCC)cc3)c2CCc2ccc(CCCCCCCCCCCCCC)cc2)cc1. The molecule has 0 saturated carbocycles. The highest BCUT2D eigenvalue weighted by molar-refractivity contribution is 5.55. The van der Waals surface area contributed by atoms with Crippen molar-refractivity contribution in [2.45, 2.75) is 619 Å². The second-order valence-electron chi connectivity index (χ2n) is 44.6. The first kappa shape index (κ1) is 119. The van der Waals surface area contributed by atoms with Gasteiger partial charge in [0.25, 0.3) is 0 Å². The van der Waals surface area contributed by atoms with Gasteiger partial charge in [0, 0.05) is 0 Å². The van der Waals surface area contributed by atoms with Crippen LogP contribution in [0.2, 0.25) is 0 Å². The first-order valence-corrected chi connectivity index (χ1v) is 62.0. The van der Waals surface area contributed by atoms with Crippen LogP contribution in [0.1, 0.15) is 604 Å². The average Bonchev–Trinajstić information content (AvgIpc) is 0.760. The topological polar surface area (TPSA) is 0 Å². The lowest BCUT2D eigenvalue weighted by atomic mass is 9.76. The van der Waals surface area contributed by atoms with Gasteiger partial charge >= 0.3 is 0 Å². The molecule has 7 aromatic carbocycles. The molecule has 0 aromatic heterocycles. The molecule has 0 aliphatic rings. The van der Waals surface area contributed by atoms with Gasteiger partial charge in [0.2, 0.25) is 0 Å². The normalized spacial score (nSPS) is 11.7. The third kappa shape index (κ3) is 59.1. The lowest BCUT2D eigenvalue weighted by molar-refractivity contribution is 0.544. The number of unbranched alkanes of at least 4 members (excludes halogenated alkanes) is 66. The van der Waals surface area contributed by atoms with E-state index in [0.29, 0.717) is 0 Å². The summed E-state index contributed by atoms with van der Waals surface area (Å²) in [6.45, 7) is 14.0. The fourth-order valence-electron chi connectivity index (χ4n) is 22.8. The van der Waals surface area contributed by atoms with Crippen LogP contribution in [0.15, 0.2) is 146 Å². The van der Waals surface area contributed by atoms with Crippen molar-refractivity contribution >= 4 is 0 Å². The number of benzene rings is 7. The van der Waals surface area contributed by atoms with E-state index >= 15 is 0 Å². The van der Waals surface area contributed by atoms with Gasteiger partial charge in [-0.2, -0.15) is 0 Å². The molecular weight excluding hydrogens is 1660 g/mol. The Kier molecular flexibility index (Phi) is 73.5. The third-order valence-electron chi connectivity index (χ3n) is 32.2. The summed E-state index contributed by atoms with van der Waals surface area (Å²) in [4.78, 5) is 0. The van der Waals surface area contributed by atoms with E-state index in [1.807, 2.05) is 0 Å². The summed E-state index contributed by atoms with van der Waals surface area (Å²) in [6.07, 6.45) is 121. The molecular formula is C138H222. The molecule has 138 heavy (non-hydrogen) atoms. The quantitative estimate of drug-likeness (QED) is 0.0333. The summed E-state index contributed by atoms with van der Waals surface area (Å²) in [7, 11) is 0. The molecule has 0 unspecified atom stereocenters. The summed E-state index contributed by atoms with van der Waals surface area (Å²) >= 11 is 0. The molecule has 0 amide bonds. The summed E-state index contributed by atoms with van der Waals surface area (Å²) in [5.74, 6) is 0. The van der Waals surface area contributed by atoms with E-state index < -0.39 is 0 Å². The van der Waals surface area contributed by atoms with Gasteiger partial charge in [0.1, 0.15) is 0 Å². The van der Waals surface area contributed by atoms with E-state index in [4.69, 9.17) is 0 Å². The minimum Gasteiger partial charge on any atom is -0.0654 e. The van der Waals surface area contributed by atoms with Crippen molar-refractivity contribution in [3.8, 4) is 0 Å². The monoisotopic (exact) mass is 1880 g/mol. The van der Waals surface area contributed by atoms with Crippen molar-refractivity contribution in [3.05, 3.63) is 246 Å². The largest absolute Gasteiger partial charge is 0.0654 e. The number of rotatable bonds is 96. The van der Waals surface area contributed by atoms with Crippen molar-refractivity contribution < 1.29 is 0 Å². The maximum Gasteiger partial charge on any atom is -0.0233 e. The second-order valence-corrected chi connectivity index (χ2v) is 44.6. The molecule has 0 atom stereocenters. The van der Waals surface area contributed by atoms with Gasteiger partial charge in [-0.15, -0.1) is 0 Å². The molecule has 0 saturated heterocycles. The molecule has 0 aliphatic heterocycles. The van der Waals surface area contributed by atoms with E-state index in [-0.39, 0.29) is 0 Å². The van der Waals surface area contributed by atoms with Gasteiger partial charge < -0.3 is 0 Å². The zero-order chi connectivity index (χ0) is 97.0. The van der Waals surface area contributed by atoms with Crippen molar-refractivity contribution in [3.63, 3.8) is 0 Å². The van der Waals surface area contributed by atoms with Crippen LogP contribution in [0.5, 0.6) is 0 Å². The highest BCUT2D eigenvalue weighted by Gasteiger charge is 2.25. The lowest BCUT2D eigenvalue weighted by Gasteiger charge is -2.28. The van der Waals surface area contributed by atoms with Crippen molar-refractivity contribution in [2.75, 3.05) is 0 Å². The van der Waals surface area contributed by atoms with Crippen LogP contribution in [0.25, 0.3) is 0 Å². The predicted molar refractivity (Wildman–Crippen MR) is 618 cm³/mol. The van der Waals surface area contributed by atoms with Crippen LogP contribution in [-0.4, -0.2) is 0 Å². The number of aryl methyl sites for hydroxylation is 12. The molecule has 0 radical (unpaired) electrons. The summed E-state index contributed by atoms with van der Waals surface area (Å²) < 4.78 is 0. The van der Waals surface area contributed by atoms with E-state index in [9.17, 15) is 0 Å². The van der Waals surface area contributed by atoms with Gasteiger partial charge in [-0.3, -0.25) is 0 Å². The molecule has 0 heteroatoms. The molecule has 0 aliphatic carbocycles. The van der Waals surface area contributed by atoms with Gasteiger partial charge in [0.15, 0.2) is 0 Å². The van der Waals surface area contributed by atoms with Crippen LogP contribution >= 0.6 is 0 Å². The van der Waals surface area contributed by atoms with Crippen LogP contribution in [-0.2, 0) is 116 Å². The smallest absolute Gasteiger partial charge is 0.0233 e. The Balaban J connectivity index is 1.26. The molecule has 7 aromatic rings. The first-order chi connectivity index (χ1) is 68.4. The fraction of sp³-hybridized carbons (Fsp3) is 0.696. The third-order valence-corrected chi connectivity index (χ3v) is 32.2. The maximum atomic E-state index is 2.57. The second kappa shape index (κ2) is 84.8. The van der Waals surface area contributed by atoms with Crippen LogP contribution < -0.4 is 0 Å². The molecule has 0 nitrogen and oxygen atoms in total. The molecule has 7 rings (SSSR count). The molecule has 0 fully saturated rings. The van der Waals surface area contributed by atoms with Crippen molar-refractivity contribution in [1.29, 1.82) is 0 Å². The van der Waals surface area contributed by atoms with Crippen LogP contribution in [0.4, 0.5) is 0 Å². The van der Waals surface area contributed by atoms with Gasteiger partial charge in [-0.25, -0.2) is 0 Å². The first-order valence-electron chi connectivity index (χ1n) is 62.0. The molecule has 0 heterocycles. The average molecular weight is 1880 g/mol. The van der Waals surface area contributed by atoms with E-state index in [1.54, 1.807) is 33.4 Å². The zero-order valence-corrected chi connectivity index (χ0v) is 92.5. The number of hydrogen-bond acceptors (Lipinski definition) is 0. The molecule has 774 valence electrons. The molecule has 0 N–H and O–H groups in total. The lowest BCUT2D eigenvalue weighted by Crippen LogP contribution is -2.18. The van der Waals surface area contributed by atoms with Gasteiger partial charge in [-0.05, 0) is 254 Å². The number of hydrogen-bond donors (Lipinski definition) is 0. The van der Waals surface area contributed by atoms with E-state index in [1.165, 1.54) is 568 Å². The summed E-state index contributed by atoms with van der Waals surface area (Å²) in [5, 5.41) is 0. The summed E-state index contributed by atoms with van der Waals surface area (Å²) in [5.41, 5.74) is 28.6. The van der Waals surface area contributed by atoms with E-state index in [2.05, 4.69) is 187 Å². The maximum absolute atomic E-state index is 2.57. The zero-order valence-electron chi connectivity index (χ0n) is 92.5. The summed E-state index contributed by atoms with van der Waals surface area (Å²) in [6, 6.07) is 61.3.